The van der Waals surface area contributed by atoms with Crippen LogP contribution in [-0.4, -0.2) is 60.6 Å². The number of aromatic nitrogens is 5. The number of aryl methyl sites for hydroxylation is 2. The lowest BCUT2D eigenvalue weighted by Crippen LogP contribution is -2.57. The number of nitrogens with zero attached hydrogens (tertiary/aromatic N) is 6. The Morgan fingerprint density at radius 1 is 1.22 bits per heavy atom. The van der Waals surface area contributed by atoms with Gasteiger partial charge in [0, 0.05) is 44.8 Å². The Labute approximate surface area is 203 Å². The fourth-order valence-corrected chi connectivity index (χ4v) is 4.36. The molecule has 2 unspecified atom stereocenters. The number of rotatable bonds is 5. The highest BCUT2D eigenvalue weighted by Gasteiger charge is 2.47. The van der Waals surface area contributed by atoms with Gasteiger partial charge in [-0.25, -0.2) is 18.7 Å². The summed E-state index contributed by atoms with van der Waals surface area (Å²) >= 11 is 0. The predicted molar refractivity (Wildman–Crippen MR) is 120 cm³/mol. The maximum Gasteiger partial charge on any atom is 0.419 e. The number of pyridine rings is 1. The van der Waals surface area contributed by atoms with Gasteiger partial charge in [0.2, 0.25) is 5.95 Å². The van der Waals surface area contributed by atoms with Crippen molar-refractivity contribution in [3.8, 4) is 11.3 Å². The van der Waals surface area contributed by atoms with Crippen LogP contribution < -0.4 is 5.32 Å². The third kappa shape index (κ3) is 5.29. The van der Waals surface area contributed by atoms with Gasteiger partial charge in [-0.2, -0.15) is 18.3 Å². The number of alkyl halides is 5. The first kappa shape index (κ1) is 25.5. The molecule has 36 heavy (non-hydrogen) atoms. The maximum atomic E-state index is 14.6. The summed E-state index contributed by atoms with van der Waals surface area (Å²) in [5.41, 5.74) is 0.691. The van der Waals surface area contributed by atoms with Crippen LogP contribution in [0.4, 0.5) is 27.9 Å². The molecule has 192 valence electrons. The van der Waals surface area contributed by atoms with Gasteiger partial charge in [0.25, 0.3) is 11.8 Å². The Morgan fingerprint density at radius 2 is 1.92 bits per heavy atom. The van der Waals surface area contributed by atoms with E-state index in [4.69, 9.17) is 0 Å². The van der Waals surface area contributed by atoms with E-state index in [0.29, 0.717) is 23.7 Å². The smallest absolute Gasteiger partial charge is 0.352 e. The number of hydrogen-bond donors (Lipinski definition) is 1. The van der Waals surface area contributed by atoms with Gasteiger partial charge in [0.15, 0.2) is 5.69 Å². The molecule has 1 saturated heterocycles. The Morgan fingerprint density at radius 3 is 2.56 bits per heavy atom. The molecule has 0 radical (unpaired) electrons. The van der Waals surface area contributed by atoms with Crippen LogP contribution in [0.3, 0.4) is 0 Å². The van der Waals surface area contributed by atoms with Crippen LogP contribution >= 0.6 is 0 Å². The van der Waals surface area contributed by atoms with E-state index < -0.39 is 48.5 Å². The molecule has 1 fully saturated rings. The molecule has 4 heterocycles. The van der Waals surface area contributed by atoms with Crippen LogP contribution in [0, 0.1) is 12.8 Å². The van der Waals surface area contributed by atoms with Crippen LogP contribution in [0.5, 0.6) is 0 Å². The predicted octanol–water partition coefficient (Wildman–Crippen LogP) is 4.20. The molecule has 4 rings (SSSR count). The van der Waals surface area contributed by atoms with Crippen molar-refractivity contribution in [1.82, 2.24) is 29.6 Å². The zero-order valence-electron chi connectivity index (χ0n) is 19.7. The first-order chi connectivity index (χ1) is 16.9. The molecule has 1 N–H and O–H groups in total. The van der Waals surface area contributed by atoms with E-state index in [0.717, 1.165) is 10.5 Å². The standard InChI is InChI=1S/C23H24F5N7O/c1-13-5-4-6-29-18(13)16-11-34(3)33-19(16)20(36)35-12-22(24,25)7-14(2)17(35)10-32-21-30-8-15(9-31-21)23(26,27)28/h4-6,8-9,11,14,17H,7,10,12H2,1-3H3,(H,30,31,32). The molecule has 0 aromatic carbocycles. The van der Waals surface area contributed by atoms with E-state index in [1.807, 2.05) is 13.0 Å². The minimum Gasteiger partial charge on any atom is -0.352 e. The quantitative estimate of drug-likeness (QED) is 0.519. The van der Waals surface area contributed by atoms with Gasteiger partial charge in [-0.3, -0.25) is 14.5 Å². The minimum absolute atomic E-state index is 0.0139. The number of nitrogens with one attached hydrogen (secondary N) is 1. The van der Waals surface area contributed by atoms with Gasteiger partial charge >= 0.3 is 6.18 Å². The molecule has 1 amide bonds. The van der Waals surface area contributed by atoms with E-state index >= 15 is 0 Å². The highest BCUT2D eigenvalue weighted by Crippen LogP contribution is 2.36. The first-order valence-corrected chi connectivity index (χ1v) is 11.1. The Kier molecular flexibility index (Phi) is 6.67. The van der Waals surface area contributed by atoms with Gasteiger partial charge in [0.1, 0.15) is 0 Å². The molecule has 13 heteroatoms. The second kappa shape index (κ2) is 9.43. The SMILES string of the molecule is Cc1cccnc1-c1cn(C)nc1C(=O)N1CC(F)(F)CC(C)C1CNc1ncc(C(F)(F)F)cn1. The van der Waals surface area contributed by atoms with Gasteiger partial charge in [-0.05, 0) is 24.5 Å². The van der Waals surface area contributed by atoms with Crippen molar-refractivity contribution in [2.45, 2.75) is 38.4 Å². The van der Waals surface area contributed by atoms with Crippen LogP contribution in [0.2, 0.25) is 0 Å². The highest BCUT2D eigenvalue weighted by atomic mass is 19.4. The fourth-order valence-electron chi connectivity index (χ4n) is 4.36. The molecule has 1 aliphatic rings. The van der Waals surface area contributed by atoms with Gasteiger partial charge in [-0.15, -0.1) is 0 Å². The van der Waals surface area contributed by atoms with E-state index in [9.17, 15) is 26.7 Å². The number of hydrogen-bond acceptors (Lipinski definition) is 6. The van der Waals surface area contributed by atoms with Crippen molar-refractivity contribution in [2.24, 2.45) is 13.0 Å². The molecule has 8 nitrogen and oxygen atoms in total. The van der Waals surface area contributed by atoms with Crippen LogP contribution in [0.15, 0.2) is 36.9 Å². The third-order valence-electron chi connectivity index (χ3n) is 6.08. The third-order valence-corrected chi connectivity index (χ3v) is 6.08. The van der Waals surface area contributed by atoms with Crippen molar-refractivity contribution in [2.75, 3.05) is 18.4 Å². The van der Waals surface area contributed by atoms with E-state index in [2.05, 4.69) is 25.4 Å². The normalized spacial score (nSPS) is 19.8. The van der Waals surface area contributed by atoms with Crippen molar-refractivity contribution < 1.29 is 26.7 Å². The second-order valence-electron chi connectivity index (χ2n) is 8.95. The first-order valence-electron chi connectivity index (χ1n) is 11.1. The lowest BCUT2D eigenvalue weighted by Gasteiger charge is -2.43. The number of halogens is 5. The average Bonchev–Trinajstić information content (AvgIpc) is 3.18. The van der Waals surface area contributed by atoms with E-state index in [-0.39, 0.29) is 18.2 Å². The summed E-state index contributed by atoms with van der Waals surface area (Å²) in [5.74, 6) is -4.56. The Balaban J connectivity index is 1.62. The van der Waals surface area contributed by atoms with Crippen molar-refractivity contribution in [1.29, 1.82) is 0 Å². The molecule has 0 bridgehead atoms. The second-order valence-corrected chi connectivity index (χ2v) is 8.95. The van der Waals surface area contributed by atoms with Crippen molar-refractivity contribution >= 4 is 11.9 Å². The molecule has 0 saturated carbocycles. The van der Waals surface area contributed by atoms with Crippen molar-refractivity contribution in [3.63, 3.8) is 0 Å². The monoisotopic (exact) mass is 509 g/mol. The summed E-state index contributed by atoms with van der Waals surface area (Å²) in [7, 11) is 1.62. The summed E-state index contributed by atoms with van der Waals surface area (Å²) in [6.07, 6.45) is -0.601. The lowest BCUT2D eigenvalue weighted by molar-refractivity contribution is -0.138. The molecular formula is C23H24F5N7O. The van der Waals surface area contributed by atoms with E-state index in [1.54, 1.807) is 32.4 Å². The van der Waals surface area contributed by atoms with Gasteiger partial charge in [-0.1, -0.05) is 13.0 Å². The fraction of sp³-hybridized carbons (Fsp3) is 0.435. The zero-order chi connectivity index (χ0) is 26.3. The number of carbonyl (C=O) groups is 1. The molecule has 0 aliphatic carbocycles. The maximum absolute atomic E-state index is 14.6. The Bertz CT molecular complexity index is 1240. The molecule has 0 spiro atoms. The number of likely N-dealkylation sites (tertiary alicyclic amines) is 1. The summed E-state index contributed by atoms with van der Waals surface area (Å²) in [5, 5.41) is 7.03. The molecule has 2 atom stereocenters. The van der Waals surface area contributed by atoms with Crippen LogP contribution in [0.25, 0.3) is 11.3 Å². The molecular weight excluding hydrogens is 485 g/mol. The molecule has 3 aromatic rings. The molecule has 1 aliphatic heterocycles. The number of anilines is 1. The lowest BCUT2D eigenvalue weighted by atomic mass is 9.88. The average molecular weight is 509 g/mol. The highest BCUT2D eigenvalue weighted by molar-refractivity contribution is 5.99. The minimum atomic E-state index is -4.59. The van der Waals surface area contributed by atoms with Crippen LogP contribution in [0.1, 0.15) is 35.0 Å². The number of piperidine rings is 1. The zero-order valence-corrected chi connectivity index (χ0v) is 19.7. The summed E-state index contributed by atoms with van der Waals surface area (Å²) in [6.45, 7) is 2.54. The molecule has 3 aromatic heterocycles. The topological polar surface area (TPSA) is 88.8 Å². The van der Waals surface area contributed by atoms with Crippen molar-refractivity contribution in [3.05, 3.63) is 53.7 Å². The number of amides is 1. The largest absolute Gasteiger partial charge is 0.419 e. The summed E-state index contributed by atoms with van der Waals surface area (Å²) < 4.78 is 68.9. The van der Waals surface area contributed by atoms with Gasteiger partial charge in [0.05, 0.1) is 29.4 Å². The Hall–Kier alpha value is -3.64. The summed E-state index contributed by atoms with van der Waals surface area (Å²) in [4.78, 5) is 26.4. The summed E-state index contributed by atoms with van der Waals surface area (Å²) in [6, 6.07) is 2.84. The van der Waals surface area contributed by atoms with E-state index in [1.165, 1.54) is 4.68 Å². The number of carbonyl (C=O) groups excluding carboxylic acids is 1. The van der Waals surface area contributed by atoms with Crippen LogP contribution in [-0.2, 0) is 13.2 Å². The van der Waals surface area contributed by atoms with Gasteiger partial charge < -0.3 is 10.2 Å².